The molecule has 0 aromatic heterocycles. The summed E-state index contributed by atoms with van der Waals surface area (Å²) in [7, 11) is 0. The van der Waals surface area contributed by atoms with Gasteiger partial charge in [-0.2, -0.15) is 0 Å². The smallest absolute Gasteiger partial charge is 0.237 e. The Bertz CT molecular complexity index is 674. The molecule has 1 aromatic carbocycles. The van der Waals surface area contributed by atoms with E-state index in [9.17, 15) is 9.59 Å². The second kappa shape index (κ2) is 7.86. The van der Waals surface area contributed by atoms with E-state index in [2.05, 4.69) is 27.2 Å². The zero-order valence-electron chi connectivity index (χ0n) is 15.7. The van der Waals surface area contributed by atoms with Crippen molar-refractivity contribution in [3.63, 3.8) is 0 Å². The Hall–Kier alpha value is -2.12. The number of nitrogens with one attached hydrogen (secondary N) is 1. The average molecular weight is 371 g/mol. The van der Waals surface area contributed by atoms with Gasteiger partial charge >= 0.3 is 0 Å². The number of para-hydroxylation sites is 1. The first-order valence-corrected chi connectivity index (χ1v) is 9.98. The lowest BCUT2D eigenvalue weighted by Crippen LogP contribution is -2.58. The topological polar surface area (TPSA) is 81.9 Å². The second-order valence-corrected chi connectivity index (χ2v) is 7.85. The Morgan fingerprint density at radius 3 is 2.63 bits per heavy atom. The minimum atomic E-state index is -0.108. The van der Waals surface area contributed by atoms with Gasteiger partial charge in [0.05, 0.1) is 6.04 Å². The number of hydrogen-bond acceptors (Lipinski definition) is 5. The van der Waals surface area contributed by atoms with E-state index in [1.54, 1.807) is 0 Å². The van der Waals surface area contributed by atoms with Gasteiger partial charge in [-0.25, -0.2) is 0 Å². The predicted octanol–water partition coefficient (Wildman–Crippen LogP) is 0.0154. The molecule has 2 amide bonds. The Labute approximate surface area is 160 Å². The number of benzene rings is 1. The molecule has 3 heterocycles. The van der Waals surface area contributed by atoms with Crippen molar-refractivity contribution in [2.45, 2.75) is 37.4 Å². The Morgan fingerprint density at radius 2 is 1.89 bits per heavy atom. The first kappa shape index (κ1) is 18.3. The summed E-state index contributed by atoms with van der Waals surface area (Å²) in [5.74, 6) is 0.308. The third kappa shape index (κ3) is 3.94. The Balaban J connectivity index is 1.26. The molecule has 146 valence electrons. The van der Waals surface area contributed by atoms with Crippen LogP contribution in [0.25, 0.3) is 0 Å². The predicted molar refractivity (Wildman–Crippen MR) is 104 cm³/mol. The van der Waals surface area contributed by atoms with Crippen LogP contribution in [-0.4, -0.2) is 79.0 Å². The maximum Gasteiger partial charge on any atom is 0.237 e. The molecule has 0 spiro atoms. The average Bonchev–Trinajstić information content (AvgIpc) is 3.11. The van der Waals surface area contributed by atoms with Crippen LogP contribution in [0.1, 0.15) is 19.3 Å². The van der Waals surface area contributed by atoms with E-state index in [-0.39, 0.29) is 29.9 Å². The lowest BCUT2D eigenvalue weighted by atomic mass is 10.0. The highest BCUT2D eigenvalue weighted by Gasteiger charge is 2.42. The molecule has 3 aliphatic heterocycles. The van der Waals surface area contributed by atoms with Crippen molar-refractivity contribution in [1.29, 1.82) is 0 Å². The molecule has 0 radical (unpaired) electrons. The van der Waals surface area contributed by atoms with Gasteiger partial charge in [0.2, 0.25) is 11.8 Å². The number of hydrogen-bond donors (Lipinski definition) is 2. The van der Waals surface area contributed by atoms with Crippen LogP contribution in [0.15, 0.2) is 30.3 Å². The highest BCUT2D eigenvalue weighted by atomic mass is 16.2. The number of rotatable bonds is 4. The summed E-state index contributed by atoms with van der Waals surface area (Å²) in [5.41, 5.74) is 7.27. The lowest BCUT2D eigenvalue weighted by molar-refractivity contribution is -0.132. The maximum atomic E-state index is 12.7. The lowest BCUT2D eigenvalue weighted by Gasteiger charge is -2.38. The summed E-state index contributed by atoms with van der Waals surface area (Å²) >= 11 is 0. The molecule has 3 saturated heterocycles. The fourth-order valence-electron chi connectivity index (χ4n) is 4.58. The van der Waals surface area contributed by atoms with Crippen LogP contribution in [0.2, 0.25) is 0 Å². The van der Waals surface area contributed by atoms with Crippen LogP contribution in [0.5, 0.6) is 0 Å². The fraction of sp³-hybridized carbons (Fsp3) is 0.600. The second-order valence-electron chi connectivity index (χ2n) is 7.85. The highest BCUT2D eigenvalue weighted by molar-refractivity contribution is 5.83. The molecule has 3 fully saturated rings. The van der Waals surface area contributed by atoms with Crippen LogP contribution in [0.3, 0.4) is 0 Å². The van der Waals surface area contributed by atoms with E-state index in [0.29, 0.717) is 13.0 Å². The largest absolute Gasteiger partial charge is 0.368 e. The Kier molecular flexibility index (Phi) is 5.31. The SMILES string of the molecule is N[C@H]1C[C@H]2C(=O)NC[C@@H](CCC(=O)N3CCN(c4ccccc4)CC3)N2C1. The molecular weight excluding hydrogens is 342 g/mol. The minimum Gasteiger partial charge on any atom is -0.368 e. The maximum absolute atomic E-state index is 12.7. The molecule has 0 unspecified atom stereocenters. The van der Waals surface area contributed by atoms with Crippen LogP contribution in [0.4, 0.5) is 5.69 Å². The zero-order valence-corrected chi connectivity index (χ0v) is 15.7. The zero-order chi connectivity index (χ0) is 18.8. The molecule has 7 nitrogen and oxygen atoms in total. The molecule has 27 heavy (non-hydrogen) atoms. The number of carbonyl (C=O) groups excluding carboxylic acids is 2. The number of amides is 2. The standard InChI is InChI=1S/C20H29N5O2/c21-15-12-18-20(27)22-13-17(25(18)14-15)6-7-19(26)24-10-8-23(9-11-24)16-4-2-1-3-5-16/h1-5,15,17-18H,6-14,21H2,(H,22,27)/t15-,17+,18-/m0/s1. The van der Waals surface area contributed by atoms with E-state index in [1.807, 2.05) is 23.1 Å². The summed E-state index contributed by atoms with van der Waals surface area (Å²) in [5, 5.41) is 2.98. The fourth-order valence-corrected chi connectivity index (χ4v) is 4.58. The number of nitrogens with zero attached hydrogens (tertiary/aromatic N) is 3. The molecule has 4 rings (SSSR count). The summed E-state index contributed by atoms with van der Waals surface area (Å²) in [6, 6.07) is 10.5. The molecule has 0 bridgehead atoms. The third-order valence-electron chi connectivity index (χ3n) is 6.10. The van der Waals surface area contributed by atoms with Crippen LogP contribution < -0.4 is 16.0 Å². The molecule has 3 atom stereocenters. The number of nitrogens with two attached hydrogens (primary N) is 1. The van der Waals surface area contributed by atoms with Crippen molar-refractivity contribution in [1.82, 2.24) is 15.1 Å². The van der Waals surface area contributed by atoms with Gasteiger partial charge in [-0.15, -0.1) is 0 Å². The van der Waals surface area contributed by atoms with Crippen LogP contribution >= 0.6 is 0 Å². The minimum absolute atomic E-state index is 0.0584. The molecule has 0 saturated carbocycles. The number of anilines is 1. The van der Waals surface area contributed by atoms with Crippen molar-refractivity contribution >= 4 is 17.5 Å². The first-order chi connectivity index (χ1) is 13.1. The number of piperazine rings is 2. The molecule has 7 heteroatoms. The van der Waals surface area contributed by atoms with Crippen molar-refractivity contribution in [2.75, 3.05) is 44.2 Å². The van der Waals surface area contributed by atoms with E-state index in [4.69, 9.17) is 5.73 Å². The van der Waals surface area contributed by atoms with Gasteiger partial charge in [0.25, 0.3) is 0 Å². The van der Waals surface area contributed by atoms with E-state index in [1.165, 1.54) is 5.69 Å². The molecular formula is C20H29N5O2. The van der Waals surface area contributed by atoms with Crippen molar-refractivity contribution in [3.05, 3.63) is 30.3 Å². The summed E-state index contributed by atoms with van der Waals surface area (Å²) in [6.07, 6.45) is 2.03. The molecule has 3 aliphatic rings. The summed E-state index contributed by atoms with van der Waals surface area (Å²) < 4.78 is 0. The van der Waals surface area contributed by atoms with Crippen molar-refractivity contribution in [2.24, 2.45) is 5.73 Å². The van der Waals surface area contributed by atoms with Gasteiger partial charge in [-0.1, -0.05) is 18.2 Å². The van der Waals surface area contributed by atoms with Gasteiger partial charge in [0.15, 0.2) is 0 Å². The number of fused-ring (bicyclic) bond motifs is 1. The van der Waals surface area contributed by atoms with Crippen LogP contribution in [0, 0.1) is 0 Å². The first-order valence-electron chi connectivity index (χ1n) is 9.98. The Morgan fingerprint density at radius 1 is 1.15 bits per heavy atom. The summed E-state index contributed by atoms with van der Waals surface area (Å²) in [4.78, 5) is 31.2. The van der Waals surface area contributed by atoms with Gasteiger partial charge in [0, 0.05) is 63.5 Å². The van der Waals surface area contributed by atoms with Crippen LogP contribution in [-0.2, 0) is 9.59 Å². The van der Waals surface area contributed by atoms with Crippen molar-refractivity contribution in [3.8, 4) is 0 Å². The quantitative estimate of drug-likeness (QED) is 0.780. The van der Waals surface area contributed by atoms with Gasteiger partial charge < -0.3 is 20.9 Å². The van der Waals surface area contributed by atoms with Gasteiger partial charge in [-0.3, -0.25) is 14.5 Å². The summed E-state index contributed by atoms with van der Waals surface area (Å²) in [6.45, 7) is 4.67. The van der Waals surface area contributed by atoms with E-state index in [0.717, 1.165) is 45.6 Å². The third-order valence-corrected chi connectivity index (χ3v) is 6.10. The van der Waals surface area contributed by atoms with Gasteiger partial charge in [-0.05, 0) is 25.0 Å². The normalized spacial score (nSPS) is 28.8. The molecule has 0 aliphatic carbocycles. The van der Waals surface area contributed by atoms with Gasteiger partial charge in [0.1, 0.15) is 0 Å². The molecule has 1 aromatic rings. The van der Waals surface area contributed by atoms with E-state index < -0.39 is 0 Å². The van der Waals surface area contributed by atoms with E-state index >= 15 is 0 Å². The monoisotopic (exact) mass is 371 g/mol. The van der Waals surface area contributed by atoms with Crippen molar-refractivity contribution < 1.29 is 9.59 Å². The molecule has 3 N–H and O–H groups in total. The number of carbonyl (C=O) groups is 2. The highest BCUT2D eigenvalue weighted by Crippen LogP contribution is 2.25.